The van der Waals surface area contributed by atoms with Gasteiger partial charge in [0.25, 0.3) is 0 Å². The average molecular weight is 339 g/mol. The second-order valence-electron chi connectivity index (χ2n) is 7.49. The molecule has 5 nitrogen and oxygen atoms in total. The van der Waals surface area contributed by atoms with Crippen LogP contribution in [-0.4, -0.2) is 43.6 Å². The molecular weight excluding hydrogens is 310 g/mol. The van der Waals surface area contributed by atoms with Crippen molar-refractivity contribution in [3.8, 4) is 11.4 Å². The third-order valence-electron chi connectivity index (χ3n) is 5.93. The van der Waals surface area contributed by atoms with Crippen LogP contribution >= 0.6 is 0 Å². The Labute approximate surface area is 150 Å². The molecule has 0 amide bonds. The Morgan fingerprint density at radius 1 is 1.00 bits per heavy atom. The molecule has 5 heteroatoms. The second kappa shape index (κ2) is 7.65. The number of likely N-dealkylation sites (tertiary alicyclic amines) is 1. The monoisotopic (exact) mass is 339 g/mol. The molecule has 1 saturated heterocycles. The summed E-state index contributed by atoms with van der Waals surface area (Å²) < 4.78 is 2.28. The van der Waals surface area contributed by atoms with Gasteiger partial charge in [-0.3, -0.25) is 4.90 Å². The van der Waals surface area contributed by atoms with Crippen LogP contribution in [0.15, 0.2) is 24.8 Å². The minimum absolute atomic E-state index is 0.555. The topological polar surface area (TPSA) is 46.8 Å². The SMILES string of the molecule is CCN1CCC[C@@H]1Cn1ccnc1-c1cnc(C2CCCCC2)nc1. The molecule has 1 saturated carbocycles. The van der Waals surface area contributed by atoms with E-state index in [9.17, 15) is 0 Å². The summed E-state index contributed by atoms with van der Waals surface area (Å²) in [5.74, 6) is 2.58. The van der Waals surface area contributed by atoms with E-state index >= 15 is 0 Å². The lowest BCUT2D eigenvalue weighted by atomic mass is 9.89. The van der Waals surface area contributed by atoms with Crippen LogP contribution in [-0.2, 0) is 6.54 Å². The van der Waals surface area contributed by atoms with Gasteiger partial charge in [-0.2, -0.15) is 0 Å². The summed E-state index contributed by atoms with van der Waals surface area (Å²) in [6.07, 6.45) is 17.0. The molecule has 0 radical (unpaired) electrons. The smallest absolute Gasteiger partial charge is 0.143 e. The molecule has 1 aliphatic heterocycles. The van der Waals surface area contributed by atoms with Gasteiger partial charge in [-0.05, 0) is 38.8 Å². The maximum Gasteiger partial charge on any atom is 0.143 e. The molecule has 2 aliphatic rings. The number of likely N-dealkylation sites (N-methyl/N-ethyl adjacent to an activating group) is 1. The lowest BCUT2D eigenvalue weighted by molar-refractivity contribution is 0.245. The van der Waals surface area contributed by atoms with E-state index in [1.54, 1.807) is 0 Å². The summed E-state index contributed by atoms with van der Waals surface area (Å²) in [5.41, 5.74) is 1.03. The number of hydrogen-bond acceptors (Lipinski definition) is 4. The van der Waals surface area contributed by atoms with Crippen molar-refractivity contribution in [1.29, 1.82) is 0 Å². The lowest BCUT2D eigenvalue weighted by Crippen LogP contribution is -2.32. The number of hydrogen-bond donors (Lipinski definition) is 0. The summed E-state index contributed by atoms with van der Waals surface area (Å²) in [6, 6.07) is 0.625. The maximum atomic E-state index is 4.69. The molecule has 0 N–H and O–H groups in total. The molecule has 2 aromatic rings. The van der Waals surface area contributed by atoms with Crippen LogP contribution < -0.4 is 0 Å². The third kappa shape index (κ3) is 3.61. The summed E-state index contributed by atoms with van der Waals surface area (Å²) in [7, 11) is 0. The highest BCUT2D eigenvalue weighted by Crippen LogP contribution is 2.31. The van der Waals surface area contributed by atoms with Crippen molar-refractivity contribution in [2.75, 3.05) is 13.1 Å². The quantitative estimate of drug-likeness (QED) is 0.829. The van der Waals surface area contributed by atoms with Crippen LogP contribution in [0.2, 0.25) is 0 Å². The molecule has 3 heterocycles. The lowest BCUT2D eigenvalue weighted by Gasteiger charge is -2.24. The number of aromatic nitrogens is 4. The van der Waals surface area contributed by atoms with Crippen LogP contribution in [0.25, 0.3) is 11.4 Å². The maximum absolute atomic E-state index is 4.69. The van der Waals surface area contributed by atoms with Gasteiger partial charge in [0.2, 0.25) is 0 Å². The Balaban J connectivity index is 1.49. The van der Waals surface area contributed by atoms with E-state index in [-0.39, 0.29) is 0 Å². The highest BCUT2D eigenvalue weighted by atomic mass is 15.2. The molecule has 4 rings (SSSR count). The van der Waals surface area contributed by atoms with E-state index < -0.39 is 0 Å². The van der Waals surface area contributed by atoms with Gasteiger partial charge in [0, 0.05) is 43.3 Å². The van der Waals surface area contributed by atoms with E-state index in [1.165, 1.54) is 51.5 Å². The molecule has 1 atom stereocenters. The zero-order chi connectivity index (χ0) is 17.1. The van der Waals surface area contributed by atoms with E-state index in [2.05, 4.69) is 37.5 Å². The highest BCUT2D eigenvalue weighted by molar-refractivity contribution is 5.52. The van der Waals surface area contributed by atoms with Gasteiger partial charge in [-0.1, -0.05) is 26.2 Å². The zero-order valence-electron chi connectivity index (χ0n) is 15.3. The van der Waals surface area contributed by atoms with E-state index in [4.69, 9.17) is 0 Å². The standard InChI is InChI=1S/C20H29N5/c1-2-24-11-6-9-18(24)15-25-12-10-21-20(25)17-13-22-19(23-14-17)16-7-4-3-5-8-16/h10,12-14,16,18H,2-9,11,15H2,1H3/t18-/m1/s1. The summed E-state index contributed by atoms with van der Waals surface area (Å²) in [6.45, 7) is 5.62. The normalized spacial score (nSPS) is 22.5. The van der Waals surface area contributed by atoms with Gasteiger partial charge >= 0.3 is 0 Å². The van der Waals surface area contributed by atoms with Crippen LogP contribution in [0.3, 0.4) is 0 Å². The molecule has 0 aromatic carbocycles. The first-order chi connectivity index (χ1) is 12.3. The molecular formula is C20H29N5. The van der Waals surface area contributed by atoms with Gasteiger partial charge in [0.1, 0.15) is 11.6 Å². The minimum atomic E-state index is 0.555. The van der Waals surface area contributed by atoms with Crippen molar-refractivity contribution >= 4 is 0 Å². The molecule has 25 heavy (non-hydrogen) atoms. The molecule has 2 aromatic heterocycles. The van der Waals surface area contributed by atoms with Gasteiger partial charge in [0.05, 0.1) is 5.56 Å². The van der Waals surface area contributed by atoms with E-state index in [0.717, 1.165) is 30.3 Å². The first-order valence-electron chi connectivity index (χ1n) is 9.92. The van der Waals surface area contributed by atoms with Gasteiger partial charge < -0.3 is 4.57 Å². The van der Waals surface area contributed by atoms with Crippen LogP contribution in [0.5, 0.6) is 0 Å². The Morgan fingerprint density at radius 2 is 1.80 bits per heavy atom. The molecule has 2 fully saturated rings. The van der Waals surface area contributed by atoms with E-state index in [1.807, 2.05) is 18.6 Å². The fourth-order valence-corrected chi connectivity index (χ4v) is 4.49. The fourth-order valence-electron chi connectivity index (χ4n) is 4.49. The predicted octanol–water partition coefficient (Wildman–Crippen LogP) is 3.87. The first-order valence-corrected chi connectivity index (χ1v) is 9.92. The Morgan fingerprint density at radius 3 is 2.56 bits per heavy atom. The largest absolute Gasteiger partial charge is 0.329 e. The van der Waals surface area contributed by atoms with Crippen LogP contribution in [0.4, 0.5) is 0 Å². The van der Waals surface area contributed by atoms with Gasteiger partial charge in [-0.15, -0.1) is 0 Å². The first kappa shape index (κ1) is 16.7. The summed E-state index contributed by atoms with van der Waals surface area (Å²) in [4.78, 5) is 16.5. The van der Waals surface area contributed by atoms with Crippen molar-refractivity contribution in [3.63, 3.8) is 0 Å². The Hall–Kier alpha value is -1.75. The molecule has 0 unspecified atom stereocenters. The van der Waals surface area contributed by atoms with E-state index in [0.29, 0.717) is 12.0 Å². The van der Waals surface area contributed by atoms with Crippen molar-refractivity contribution in [1.82, 2.24) is 24.4 Å². The van der Waals surface area contributed by atoms with Crippen LogP contribution in [0.1, 0.15) is 63.6 Å². The van der Waals surface area contributed by atoms with Gasteiger partial charge in [-0.25, -0.2) is 15.0 Å². The average Bonchev–Trinajstić information content (AvgIpc) is 3.32. The number of rotatable bonds is 5. The van der Waals surface area contributed by atoms with Crippen molar-refractivity contribution in [3.05, 3.63) is 30.6 Å². The van der Waals surface area contributed by atoms with Crippen molar-refractivity contribution < 1.29 is 0 Å². The minimum Gasteiger partial charge on any atom is -0.329 e. The van der Waals surface area contributed by atoms with Crippen molar-refractivity contribution in [2.24, 2.45) is 0 Å². The fraction of sp³-hybridized carbons (Fsp3) is 0.650. The van der Waals surface area contributed by atoms with Crippen LogP contribution in [0, 0.1) is 0 Å². The highest BCUT2D eigenvalue weighted by Gasteiger charge is 2.24. The molecule has 134 valence electrons. The zero-order valence-corrected chi connectivity index (χ0v) is 15.3. The number of imidazole rings is 1. The van der Waals surface area contributed by atoms with Gasteiger partial charge in [0.15, 0.2) is 0 Å². The van der Waals surface area contributed by atoms with Crippen molar-refractivity contribution in [2.45, 2.75) is 70.4 Å². The predicted molar refractivity (Wildman–Crippen MR) is 99.3 cm³/mol. The number of nitrogens with zero attached hydrogens (tertiary/aromatic N) is 5. The Kier molecular flexibility index (Phi) is 5.11. The molecule has 0 bridgehead atoms. The second-order valence-corrected chi connectivity index (χ2v) is 7.49. The summed E-state index contributed by atoms with van der Waals surface area (Å²) in [5, 5.41) is 0. The molecule has 0 spiro atoms. The Bertz CT molecular complexity index is 672. The summed E-state index contributed by atoms with van der Waals surface area (Å²) >= 11 is 0. The molecule has 1 aliphatic carbocycles. The third-order valence-corrected chi connectivity index (χ3v) is 5.93.